The van der Waals surface area contributed by atoms with Crippen LogP contribution in [0.15, 0.2) is 12.3 Å². The van der Waals surface area contributed by atoms with Crippen molar-refractivity contribution in [2.75, 3.05) is 11.5 Å². The molecule has 0 aliphatic carbocycles. The van der Waals surface area contributed by atoms with Gasteiger partial charge in [0, 0.05) is 25.8 Å². The lowest BCUT2D eigenvalue weighted by atomic mass is 10.2. The van der Waals surface area contributed by atoms with Crippen molar-refractivity contribution < 1.29 is 8.42 Å². The van der Waals surface area contributed by atoms with Crippen molar-refractivity contribution >= 4 is 9.84 Å². The van der Waals surface area contributed by atoms with Gasteiger partial charge in [0.1, 0.15) is 11.8 Å². The van der Waals surface area contributed by atoms with Crippen molar-refractivity contribution in [3.05, 3.63) is 23.5 Å². The topological polar surface area (TPSA) is 74.9 Å². The third-order valence-electron chi connectivity index (χ3n) is 3.00. The Morgan fingerprint density at radius 2 is 2.41 bits per heavy atom. The fourth-order valence-electron chi connectivity index (χ4n) is 2.06. The summed E-state index contributed by atoms with van der Waals surface area (Å²) in [7, 11) is -1.01. The lowest BCUT2D eigenvalue weighted by Gasteiger charge is -2.08. The number of hydrogen-bond acceptors (Lipinski definition) is 4. The van der Waals surface area contributed by atoms with E-state index in [1.165, 1.54) is 0 Å². The molecule has 17 heavy (non-hydrogen) atoms. The summed E-state index contributed by atoms with van der Waals surface area (Å²) in [4.78, 5) is 0. The molecule has 0 bridgehead atoms. The average Bonchev–Trinajstić information content (AvgIpc) is 2.78. The van der Waals surface area contributed by atoms with Gasteiger partial charge in [0.2, 0.25) is 0 Å². The molecule has 1 aliphatic rings. The molecule has 1 unspecified atom stereocenters. The van der Waals surface area contributed by atoms with E-state index in [-0.39, 0.29) is 17.5 Å². The van der Waals surface area contributed by atoms with Crippen molar-refractivity contribution in [1.29, 1.82) is 5.26 Å². The van der Waals surface area contributed by atoms with Crippen LogP contribution in [0.2, 0.25) is 0 Å². The highest BCUT2D eigenvalue weighted by molar-refractivity contribution is 7.91. The third-order valence-corrected chi connectivity index (χ3v) is 4.77. The minimum atomic E-state index is -2.83. The summed E-state index contributed by atoms with van der Waals surface area (Å²) in [6.07, 6.45) is 2.56. The molecule has 1 saturated heterocycles. The van der Waals surface area contributed by atoms with E-state index in [4.69, 9.17) is 5.26 Å². The van der Waals surface area contributed by atoms with Crippen LogP contribution in [-0.2, 0) is 23.4 Å². The molecule has 0 amide bonds. The fourth-order valence-corrected chi connectivity index (χ4v) is 3.77. The van der Waals surface area contributed by atoms with E-state index in [2.05, 4.69) is 11.4 Å². The molecule has 1 aliphatic heterocycles. The Morgan fingerprint density at radius 1 is 1.65 bits per heavy atom. The van der Waals surface area contributed by atoms with Crippen molar-refractivity contribution in [2.45, 2.75) is 19.0 Å². The van der Waals surface area contributed by atoms with Gasteiger partial charge >= 0.3 is 0 Å². The first kappa shape index (κ1) is 12.1. The molecule has 0 saturated carbocycles. The highest BCUT2D eigenvalue weighted by atomic mass is 32.2. The number of hydrogen-bond donors (Lipinski definition) is 1. The Morgan fingerprint density at radius 3 is 2.94 bits per heavy atom. The number of rotatable bonds is 3. The first-order chi connectivity index (χ1) is 8.00. The van der Waals surface area contributed by atoms with Crippen molar-refractivity contribution in [1.82, 2.24) is 9.88 Å². The first-order valence-corrected chi connectivity index (χ1v) is 7.31. The molecule has 1 fully saturated rings. The fraction of sp³-hybridized carbons (Fsp3) is 0.545. The zero-order valence-electron chi connectivity index (χ0n) is 9.68. The lowest BCUT2D eigenvalue weighted by molar-refractivity contribution is 0.554. The van der Waals surface area contributed by atoms with E-state index in [1.54, 1.807) is 4.57 Å². The quantitative estimate of drug-likeness (QED) is 0.833. The van der Waals surface area contributed by atoms with Crippen molar-refractivity contribution in [3.63, 3.8) is 0 Å². The molecular weight excluding hydrogens is 238 g/mol. The second-order valence-electron chi connectivity index (χ2n) is 4.44. The van der Waals surface area contributed by atoms with Gasteiger partial charge in [0.05, 0.1) is 11.5 Å². The molecule has 0 radical (unpaired) electrons. The number of sulfone groups is 1. The summed E-state index contributed by atoms with van der Waals surface area (Å²) in [5.74, 6) is 0.508. The zero-order chi connectivity index (χ0) is 12.5. The van der Waals surface area contributed by atoms with Gasteiger partial charge in [-0.2, -0.15) is 5.26 Å². The van der Waals surface area contributed by atoms with Crippen LogP contribution < -0.4 is 5.32 Å². The standard InChI is InChI=1S/C11H15N3O2S/c1-14-7-9(4-11(14)5-12)6-13-10-2-3-17(15,16)8-10/h4,7,10,13H,2-3,6,8H2,1H3. The molecule has 1 aromatic heterocycles. The van der Waals surface area contributed by atoms with Crippen LogP contribution in [-0.4, -0.2) is 30.5 Å². The monoisotopic (exact) mass is 253 g/mol. The third kappa shape index (κ3) is 2.87. The van der Waals surface area contributed by atoms with Crippen LogP contribution in [0.1, 0.15) is 17.7 Å². The summed E-state index contributed by atoms with van der Waals surface area (Å²) in [6.45, 7) is 0.607. The Hall–Kier alpha value is -1.32. The van der Waals surface area contributed by atoms with Crippen LogP contribution in [0.3, 0.4) is 0 Å². The number of aryl methyl sites for hydroxylation is 1. The number of aromatic nitrogens is 1. The lowest BCUT2D eigenvalue weighted by Crippen LogP contribution is -2.29. The highest BCUT2D eigenvalue weighted by Crippen LogP contribution is 2.13. The largest absolute Gasteiger partial charge is 0.342 e. The molecule has 92 valence electrons. The molecule has 2 heterocycles. The van der Waals surface area contributed by atoms with E-state index < -0.39 is 9.84 Å². The molecule has 1 N–H and O–H groups in total. The smallest absolute Gasteiger partial charge is 0.151 e. The minimum absolute atomic E-state index is 0.0470. The van der Waals surface area contributed by atoms with Gasteiger partial charge < -0.3 is 9.88 Å². The Balaban J connectivity index is 1.93. The second-order valence-corrected chi connectivity index (χ2v) is 6.67. The SMILES string of the molecule is Cn1cc(CNC2CCS(=O)(=O)C2)cc1C#N. The molecule has 6 heteroatoms. The van der Waals surface area contributed by atoms with E-state index in [9.17, 15) is 8.42 Å². The maximum absolute atomic E-state index is 11.3. The van der Waals surface area contributed by atoms with Gasteiger partial charge in [0.25, 0.3) is 0 Å². The number of nitrogens with one attached hydrogen (secondary N) is 1. The second kappa shape index (κ2) is 4.51. The van der Waals surface area contributed by atoms with Crippen molar-refractivity contribution in [3.8, 4) is 6.07 Å². The van der Waals surface area contributed by atoms with E-state index in [1.807, 2.05) is 19.3 Å². The normalized spacial score (nSPS) is 22.5. The Bertz CT molecular complexity index is 554. The van der Waals surface area contributed by atoms with Crippen LogP contribution in [0.5, 0.6) is 0 Å². The number of nitrogens with zero attached hydrogens (tertiary/aromatic N) is 2. The van der Waals surface area contributed by atoms with E-state index in [0.717, 1.165) is 5.56 Å². The summed E-state index contributed by atoms with van der Waals surface area (Å²) in [5, 5.41) is 12.0. The molecule has 0 spiro atoms. The predicted molar refractivity (Wildman–Crippen MR) is 64.0 cm³/mol. The van der Waals surface area contributed by atoms with E-state index in [0.29, 0.717) is 18.7 Å². The molecule has 1 atom stereocenters. The van der Waals surface area contributed by atoms with Gasteiger partial charge in [0.15, 0.2) is 9.84 Å². The molecule has 0 aromatic carbocycles. The zero-order valence-corrected chi connectivity index (χ0v) is 10.5. The predicted octanol–water partition coefficient (Wildman–Crippen LogP) is 0.173. The molecule has 5 nitrogen and oxygen atoms in total. The molecular formula is C11H15N3O2S. The summed E-state index contributed by atoms with van der Waals surface area (Å²) >= 11 is 0. The molecule has 1 aromatic rings. The maximum atomic E-state index is 11.3. The van der Waals surface area contributed by atoms with Gasteiger partial charge in [-0.05, 0) is 18.1 Å². The van der Waals surface area contributed by atoms with Gasteiger partial charge in [-0.3, -0.25) is 0 Å². The maximum Gasteiger partial charge on any atom is 0.151 e. The minimum Gasteiger partial charge on any atom is -0.342 e. The van der Waals surface area contributed by atoms with Crippen LogP contribution in [0.25, 0.3) is 0 Å². The highest BCUT2D eigenvalue weighted by Gasteiger charge is 2.27. The van der Waals surface area contributed by atoms with Crippen molar-refractivity contribution in [2.24, 2.45) is 7.05 Å². The van der Waals surface area contributed by atoms with Crippen LogP contribution in [0.4, 0.5) is 0 Å². The Kier molecular flexibility index (Phi) is 3.22. The van der Waals surface area contributed by atoms with Gasteiger partial charge in [-0.25, -0.2) is 8.42 Å². The number of nitriles is 1. The van der Waals surface area contributed by atoms with Gasteiger partial charge in [-0.15, -0.1) is 0 Å². The van der Waals surface area contributed by atoms with E-state index >= 15 is 0 Å². The summed E-state index contributed by atoms with van der Waals surface area (Å²) in [5.41, 5.74) is 1.62. The Labute approximate surface area is 101 Å². The first-order valence-electron chi connectivity index (χ1n) is 5.49. The summed E-state index contributed by atoms with van der Waals surface area (Å²) in [6, 6.07) is 3.96. The average molecular weight is 253 g/mol. The summed E-state index contributed by atoms with van der Waals surface area (Å²) < 4.78 is 24.3. The van der Waals surface area contributed by atoms with Gasteiger partial charge in [-0.1, -0.05) is 0 Å². The van der Waals surface area contributed by atoms with Crippen LogP contribution >= 0.6 is 0 Å². The van der Waals surface area contributed by atoms with Crippen LogP contribution in [0, 0.1) is 11.3 Å². The molecule has 2 rings (SSSR count).